The van der Waals surface area contributed by atoms with Gasteiger partial charge in [0.2, 0.25) is 0 Å². The van der Waals surface area contributed by atoms with Gasteiger partial charge in [0.05, 0.1) is 34.1 Å². The van der Waals surface area contributed by atoms with Gasteiger partial charge in [-0.3, -0.25) is 8.99 Å². The molecule has 0 atom stereocenters. The average Bonchev–Trinajstić information content (AvgIpc) is 3.31. The monoisotopic (exact) mass is 561 g/mol. The van der Waals surface area contributed by atoms with Crippen LogP contribution < -0.4 is 9.21 Å². The molecule has 0 spiro atoms. The van der Waals surface area contributed by atoms with Crippen molar-refractivity contribution in [1.29, 1.82) is 5.26 Å². The van der Waals surface area contributed by atoms with Crippen LogP contribution in [0.25, 0.3) is 0 Å². The molecule has 202 valence electrons. The number of sulfonamides is 1. The van der Waals surface area contributed by atoms with Crippen LogP contribution in [0.2, 0.25) is 0 Å². The van der Waals surface area contributed by atoms with Crippen LogP contribution in [0, 0.1) is 17.1 Å². The second-order valence-corrected chi connectivity index (χ2v) is 12.9. The number of halogens is 1. The van der Waals surface area contributed by atoms with Crippen LogP contribution >= 0.6 is 0 Å². The minimum absolute atomic E-state index is 0.0680. The first-order chi connectivity index (χ1) is 17.9. The highest BCUT2D eigenvalue weighted by atomic mass is 32.2. The van der Waals surface area contributed by atoms with E-state index in [4.69, 9.17) is 0 Å². The van der Waals surface area contributed by atoms with Crippen molar-refractivity contribution in [3.05, 3.63) is 71.8 Å². The van der Waals surface area contributed by atoms with Gasteiger partial charge >= 0.3 is 0 Å². The lowest BCUT2D eigenvalue weighted by molar-refractivity contribution is 0.355. The van der Waals surface area contributed by atoms with E-state index in [9.17, 15) is 26.5 Å². The quantitative estimate of drug-likeness (QED) is 0.411. The van der Waals surface area contributed by atoms with Crippen molar-refractivity contribution in [2.75, 3.05) is 49.5 Å². The van der Waals surface area contributed by atoms with Crippen LogP contribution in [-0.4, -0.2) is 75.5 Å². The molecular formula is C24H28FN7O4S2. The lowest BCUT2D eigenvalue weighted by Crippen LogP contribution is -2.51. The number of hydrogen-bond acceptors (Lipinski definition) is 7. The largest absolute Gasteiger partial charge is 0.368 e. The predicted octanol–water partition coefficient (Wildman–Crippen LogP) is 1.75. The lowest BCUT2D eigenvalue weighted by atomic mass is 10.1. The minimum atomic E-state index is -4.13. The van der Waals surface area contributed by atoms with Gasteiger partial charge in [-0.1, -0.05) is 0 Å². The number of benzene rings is 2. The van der Waals surface area contributed by atoms with E-state index in [0.717, 1.165) is 20.7 Å². The fraction of sp³-hybridized carbons (Fsp3) is 0.333. The molecule has 14 heteroatoms. The van der Waals surface area contributed by atoms with Gasteiger partial charge in [-0.15, -0.1) is 0 Å². The van der Waals surface area contributed by atoms with Gasteiger partial charge in [0.1, 0.15) is 11.9 Å². The number of rotatable bonds is 8. The lowest BCUT2D eigenvalue weighted by Gasteiger charge is -2.37. The summed E-state index contributed by atoms with van der Waals surface area (Å²) >= 11 is 0. The molecule has 38 heavy (non-hydrogen) atoms. The second-order valence-electron chi connectivity index (χ2n) is 8.90. The highest BCUT2D eigenvalue weighted by Crippen LogP contribution is 2.31. The molecule has 0 radical (unpaired) electrons. The molecule has 0 amide bonds. The Balaban J connectivity index is 1.68. The second kappa shape index (κ2) is 10.7. The minimum Gasteiger partial charge on any atom is -0.368 e. The maximum atomic E-state index is 13.7. The van der Waals surface area contributed by atoms with E-state index in [2.05, 4.69) is 11.2 Å². The van der Waals surface area contributed by atoms with Crippen molar-refractivity contribution in [1.82, 2.24) is 18.4 Å². The smallest absolute Gasteiger partial charge is 0.281 e. The van der Waals surface area contributed by atoms with Crippen LogP contribution in [0.1, 0.15) is 11.3 Å². The summed E-state index contributed by atoms with van der Waals surface area (Å²) in [5, 5.41) is 14.1. The van der Waals surface area contributed by atoms with Gasteiger partial charge in [0.25, 0.3) is 20.2 Å². The molecule has 1 saturated heterocycles. The van der Waals surface area contributed by atoms with Crippen molar-refractivity contribution in [3.8, 4) is 6.07 Å². The first-order valence-corrected chi connectivity index (χ1v) is 14.5. The van der Waals surface area contributed by atoms with Gasteiger partial charge < -0.3 is 4.90 Å². The zero-order chi connectivity index (χ0) is 27.7. The van der Waals surface area contributed by atoms with E-state index in [1.807, 2.05) is 4.90 Å². The van der Waals surface area contributed by atoms with Crippen LogP contribution in [0.3, 0.4) is 0 Å². The van der Waals surface area contributed by atoms with Crippen LogP contribution in [0.4, 0.5) is 15.8 Å². The molecule has 0 aliphatic carbocycles. The molecule has 1 aliphatic rings. The number of nitriles is 1. The number of aromatic nitrogens is 2. The number of anilines is 2. The summed E-state index contributed by atoms with van der Waals surface area (Å²) in [7, 11) is -3.03. The summed E-state index contributed by atoms with van der Waals surface area (Å²) in [6, 6.07) is 13.2. The third kappa shape index (κ3) is 5.37. The Bertz CT molecular complexity index is 1560. The maximum absolute atomic E-state index is 13.7. The number of hydrogen-bond donors (Lipinski definition) is 0. The van der Waals surface area contributed by atoms with Gasteiger partial charge in [0.15, 0.2) is 0 Å². The Morgan fingerprint density at radius 3 is 2.21 bits per heavy atom. The average molecular weight is 562 g/mol. The molecule has 2 heterocycles. The highest BCUT2D eigenvalue weighted by Gasteiger charge is 2.31. The molecular weight excluding hydrogens is 533 g/mol. The Morgan fingerprint density at radius 1 is 1.00 bits per heavy atom. The van der Waals surface area contributed by atoms with E-state index >= 15 is 0 Å². The molecule has 4 rings (SSSR count). The molecule has 0 saturated carbocycles. The van der Waals surface area contributed by atoms with E-state index in [1.165, 1.54) is 36.6 Å². The Kier molecular flexibility index (Phi) is 7.75. The van der Waals surface area contributed by atoms with Crippen LogP contribution in [0.5, 0.6) is 0 Å². The SMILES string of the molecule is CN(C)S(=O)(=O)N1CCN(c2ccc(N(Cc3ccnn3C)S(=O)(=O)c3ccc(F)cc3)cc2C#N)CC1. The highest BCUT2D eigenvalue weighted by molar-refractivity contribution is 7.92. The van der Waals surface area contributed by atoms with E-state index in [1.54, 1.807) is 36.1 Å². The normalized spacial score (nSPS) is 15.0. The van der Waals surface area contributed by atoms with Gasteiger partial charge in [-0.2, -0.15) is 27.4 Å². The molecule has 0 bridgehead atoms. The topological polar surface area (TPSA) is 123 Å². The summed E-state index contributed by atoms with van der Waals surface area (Å²) in [4.78, 5) is 1.81. The molecule has 1 aromatic heterocycles. The summed E-state index contributed by atoms with van der Waals surface area (Å²) in [5.41, 5.74) is 1.69. The van der Waals surface area contributed by atoms with Gasteiger partial charge in [-0.05, 0) is 48.5 Å². The van der Waals surface area contributed by atoms with Gasteiger partial charge in [0, 0.05) is 53.5 Å². The van der Waals surface area contributed by atoms with Crippen molar-refractivity contribution >= 4 is 31.6 Å². The molecule has 1 fully saturated rings. The fourth-order valence-corrected chi connectivity index (χ4v) is 6.70. The first-order valence-electron chi connectivity index (χ1n) is 11.7. The number of piperazine rings is 1. The third-order valence-electron chi connectivity index (χ3n) is 6.39. The number of nitrogens with zero attached hydrogens (tertiary/aromatic N) is 7. The summed E-state index contributed by atoms with van der Waals surface area (Å²) in [6.07, 6.45) is 1.55. The Labute approximate surface area is 222 Å². The predicted molar refractivity (Wildman–Crippen MR) is 141 cm³/mol. The van der Waals surface area contributed by atoms with Crippen molar-refractivity contribution in [2.24, 2.45) is 7.05 Å². The first kappa shape index (κ1) is 27.5. The fourth-order valence-electron chi connectivity index (χ4n) is 4.19. The van der Waals surface area contributed by atoms with Crippen LogP contribution in [-0.2, 0) is 33.8 Å². The Hall–Kier alpha value is -3.51. The van der Waals surface area contributed by atoms with E-state index in [-0.39, 0.29) is 35.8 Å². The van der Waals surface area contributed by atoms with Gasteiger partial charge in [-0.25, -0.2) is 12.8 Å². The maximum Gasteiger partial charge on any atom is 0.281 e. The molecule has 3 aromatic rings. The summed E-state index contributed by atoms with van der Waals surface area (Å²) in [6.45, 7) is 1.17. The molecule has 0 unspecified atom stereocenters. The number of aryl methyl sites for hydroxylation is 1. The standard InChI is InChI=1S/C24H28FN7O4S2/c1-28(2)38(35,36)31-14-12-30(13-15-31)24-9-6-21(16-19(24)17-26)32(18-22-10-11-27-29(22)3)37(33,34)23-7-4-20(25)5-8-23/h4-11,16H,12-15,18H2,1-3H3. The van der Waals surface area contributed by atoms with Crippen molar-refractivity contribution < 1.29 is 21.2 Å². The van der Waals surface area contributed by atoms with Crippen molar-refractivity contribution in [3.63, 3.8) is 0 Å². The van der Waals surface area contributed by atoms with Crippen molar-refractivity contribution in [2.45, 2.75) is 11.4 Å². The zero-order valence-corrected chi connectivity index (χ0v) is 22.8. The third-order valence-corrected chi connectivity index (χ3v) is 10.1. The summed E-state index contributed by atoms with van der Waals surface area (Å²) in [5.74, 6) is -0.559. The van der Waals surface area contributed by atoms with E-state index < -0.39 is 26.0 Å². The molecule has 2 aromatic carbocycles. The molecule has 11 nitrogen and oxygen atoms in total. The van der Waals surface area contributed by atoms with E-state index in [0.29, 0.717) is 24.5 Å². The zero-order valence-electron chi connectivity index (χ0n) is 21.2. The summed E-state index contributed by atoms with van der Waals surface area (Å²) < 4.78 is 71.0. The molecule has 0 N–H and O–H groups in total. The molecule has 1 aliphatic heterocycles. The Morgan fingerprint density at radius 2 is 1.66 bits per heavy atom. The van der Waals surface area contributed by atoms with Crippen LogP contribution in [0.15, 0.2) is 59.6 Å².